The third kappa shape index (κ3) is 2.70. The molecule has 18 heavy (non-hydrogen) atoms. The van der Waals surface area contributed by atoms with Gasteiger partial charge in [0.1, 0.15) is 0 Å². The maximum atomic E-state index is 9.74. The molecule has 6 heteroatoms. The molecule has 0 rings (SSSR count). The predicted octanol–water partition coefficient (Wildman–Crippen LogP) is 5.47. The van der Waals surface area contributed by atoms with Crippen LogP contribution in [0.4, 0.5) is 0 Å². The zero-order valence-corrected chi connectivity index (χ0v) is 16.4. The molecule has 0 aliphatic rings. The summed E-state index contributed by atoms with van der Waals surface area (Å²) in [6.45, 7) is 14.2. The second-order valence-electron chi connectivity index (χ2n) is 6.53. The van der Waals surface area contributed by atoms with Crippen molar-refractivity contribution in [2.24, 2.45) is 0 Å². The molecule has 0 aliphatic carbocycles. The Labute approximate surface area is 124 Å². The van der Waals surface area contributed by atoms with Crippen LogP contribution in [0.15, 0.2) is 0 Å². The molecule has 0 saturated carbocycles. The lowest BCUT2D eigenvalue weighted by Gasteiger charge is -2.52. The molecule has 0 heterocycles. The third-order valence-corrected chi connectivity index (χ3v) is 29.5. The molecular formula is C12H28Cl2O2Si2. The van der Waals surface area contributed by atoms with Gasteiger partial charge >= 0.3 is 0 Å². The summed E-state index contributed by atoms with van der Waals surface area (Å²) in [4.78, 5) is 0. The molecule has 0 bridgehead atoms. The van der Waals surface area contributed by atoms with Crippen molar-refractivity contribution in [3.8, 4) is 0 Å². The number of alkyl halides is 1. The van der Waals surface area contributed by atoms with Crippen molar-refractivity contribution in [1.29, 1.82) is 0 Å². The second kappa shape index (κ2) is 6.14. The van der Waals surface area contributed by atoms with Gasteiger partial charge in [-0.15, -0.1) is 11.6 Å². The Bertz CT molecular complexity index is 270. The molecule has 2 nitrogen and oxygen atoms in total. The van der Waals surface area contributed by atoms with E-state index in [1.807, 2.05) is 13.8 Å². The summed E-state index contributed by atoms with van der Waals surface area (Å²) in [5.74, 6) is 0. The van der Waals surface area contributed by atoms with Gasteiger partial charge in [0, 0.05) is 0 Å². The van der Waals surface area contributed by atoms with E-state index in [1.54, 1.807) is 0 Å². The zero-order chi connectivity index (χ0) is 14.9. The van der Waals surface area contributed by atoms with Gasteiger partial charge in [-0.25, -0.2) is 0 Å². The summed E-state index contributed by atoms with van der Waals surface area (Å²) in [6, 6.07) is 0. The van der Waals surface area contributed by atoms with Gasteiger partial charge in [-0.3, -0.25) is 9.83 Å². The predicted molar refractivity (Wildman–Crippen MR) is 86.3 cm³/mol. The Hall–Kier alpha value is 0.934. The van der Waals surface area contributed by atoms with E-state index in [0.717, 1.165) is 0 Å². The van der Waals surface area contributed by atoms with Crippen LogP contribution in [0.5, 0.6) is 0 Å². The number of hydrogen-bond acceptors (Lipinski definition) is 2. The molecule has 0 amide bonds. The van der Waals surface area contributed by atoms with Gasteiger partial charge in [-0.1, -0.05) is 41.5 Å². The van der Waals surface area contributed by atoms with E-state index < -0.39 is 19.2 Å². The largest absolute Gasteiger partial charge is 0.289 e. The quantitative estimate of drug-likeness (QED) is 0.230. The van der Waals surface area contributed by atoms with E-state index in [9.17, 15) is 5.26 Å². The molecule has 0 aromatic heterocycles. The van der Waals surface area contributed by atoms with E-state index in [2.05, 4.69) is 41.5 Å². The zero-order valence-electron chi connectivity index (χ0n) is 12.8. The molecule has 0 aromatic carbocycles. The fourth-order valence-electron chi connectivity index (χ4n) is 3.39. The summed E-state index contributed by atoms with van der Waals surface area (Å²) in [5, 5.41) is 9.74. The summed E-state index contributed by atoms with van der Waals surface area (Å²) in [7, 11) is -2.70. The first-order valence-electron chi connectivity index (χ1n) is 6.59. The first-order valence-corrected chi connectivity index (χ1v) is 13.1. The van der Waals surface area contributed by atoms with Gasteiger partial charge in [0.05, 0.1) is 4.50 Å². The molecule has 0 aliphatic heterocycles. The van der Waals surface area contributed by atoms with Gasteiger partial charge in [0.2, 0.25) is 0 Å². The Morgan fingerprint density at radius 1 is 0.944 bits per heavy atom. The van der Waals surface area contributed by atoms with Crippen LogP contribution in [0.2, 0.25) is 16.6 Å². The SMILES string of the molecule is CC(C)[Si](Cl)(C(C)C)[Si](OO)(C(C)C)C(C)(C)Cl. The first kappa shape index (κ1) is 18.9. The highest BCUT2D eigenvalue weighted by atomic mass is 35.6. The molecule has 1 atom stereocenters. The van der Waals surface area contributed by atoms with Crippen molar-refractivity contribution in [2.45, 2.75) is 76.5 Å². The van der Waals surface area contributed by atoms with E-state index in [1.165, 1.54) is 0 Å². The Morgan fingerprint density at radius 3 is 1.33 bits per heavy atom. The van der Waals surface area contributed by atoms with Gasteiger partial charge < -0.3 is 0 Å². The van der Waals surface area contributed by atoms with Crippen LogP contribution in [-0.2, 0) is 4.58 Å². The van der Waals surface area contributed by atoms with Crippen molar-refractivity contribution in [3.63, 3.8) is 0 Å². The fraction of sp³-hybridized carbons (Fsp3) is 1.00. The normalized spacial score (nSPS) is 17.7. The van der Waals surface area contributed by atoms with Crippen molar-refractivity contribution in [2.75, 3.05) is 0 Å². The number of halogens is 2. The van der Waals surface area contributed by atoms with Crippen LogP contribution >= 0.6 is 22.7 Å². The van der Waals surface area contributed by atoms with Crippen LogP contribution in [-0.4, -0.2) is 24.5 Å². The van der Waals surface area contributed by atoms with E-state index in [0.29, 0.717) is 11.1 Å². The highest BCUT2D eigenvalue weighted by Crippen LogP contribution is 2.53. The summed E-state index contributed by atoms with van der Waals surface area (Å²) >= 11 is 13.8. The van der Waals surface area contributed by atoms with Gasteiger partial charge in [0.15, 0.2) is 6.90 Å². The van der Waals surface area contributed by atoms with Crippen LogP contribution < -0.4 is 0 Å². The van der Waals surface area contributed by atoms with Crippen LogP contribution in [0, 0.1) is 0 Å². The smallest absolute Gasteiger partial charge is 0.266 e. The standard InChI is InChI=1S/C12H28Cl2O2Si2/c1-9(2)17(14,10(3)4)18(16-15,11(5)6)12(7,8)13/h9-11,15H,1-8H3. The van der Waals surface area contributed by atoms with E-state index in [-0.39, 0.29) is 5.54 Å². The molecule has 1 unspecified atom stereocenters. The molecule has 0 aromatic rings. The minimum absolute atomic E-state index is 0.170. The molecule has 110 valence electrons. The second-order valence-corrected chi connectivity index (χ2v) is 23.2. The van der Waals surface area contributed by atoms with E-state index in [4.69, 9.17) is 27.3 Å². The van der Waals surface area contributed by atoms with Crippen molar-refractivity contribution >= 4 is 37.4 Å². The van der Waals surface area contributed by atoms with Crippen molar-refractivity contribution < 1.29 is 9.83 Å². The molecule has 0 saturated heterocycles. The first-order chi connectivity index (χ1) is 7.89. The van der Waals surface area contributed by atoms with Crippen molar-refractivity contribution in [3.05, 3.63) is 0 Å². The fourth-order valence-corrected chi connectivity index (χ4v) is 28.1. The average Bonchev–Trinajstić information content (AvgIpc) is 2.15. The van der Waals surface area contributed by atoms with Gasteiger partial charge in [-0.05, 0) is 30.5 Å². The molecule has 1 N–H and O–H groups in total. The summed E-state index contributed by atoms with van der Waals surface area (Å²) in [6.07, 6.45) is 0. The number of rotatable bonds is 6. The Kier molecular flexibility index (Phi) is 6.46. The lowest BCUT2D eigenvalue weighted by atomic mass is 10.5. The minimum Gasteiger partial charge on any atom is -0.289 e. The molecule has 0 spiro atoms. The average molecular weight is 331 g/mol. The third-order valence-electron chi connectivity index (χ3n) is 4.09. The maximum absolute atomic E-state index is 9.74. The minimum atomic E-state index is -2.70. The Balaban J connectivity index is 6.15. The van der Waals surface area contributed by atoms with Crippen molar-refractivity contribution in [1.82, 2.24) is 0 Å². The van der Waals surface area contributed by atoms with Gasteiger partial charge in [0.25, 0.3) is 7.83 Å². The van der Waals surface area contributed by atoms with Crippen LogP contribution in [0.3, 0.4) is 0 Å². The highest BCUT2D eigenvalue weighted by molar-refractivity contribution is 7.60. The lowest BCUT2D eigenvalue weighted by Crippen LogP contribution is -2.74. The van der Waals surface area contributed by atoms with E-state index >= 15 is 0 Å². The topological polar surface area (TPSA) is 29.5 Å². The van der Waals surface area contributed by atoms with Crippen LogP contribution in [0.1, 0.15) is 55.4 Å². The molecule has 0 radical (unpaired) electrons. The lowest BCUT2D eigenvalue weighted by molar-refractivity contribution is -0.152. The monoisotopic (exact) mass is 330 g/mol. The molecular weight excluding hydrogens is 303 g/mol. The highest BCUT2D eigenvalue weighted by Gasteiger charge is 2.69. The Morgan fingerprint density at radius 2 is 1.28 bits per heavy atom. The number of hydrogen-bond donors (Lipinski definition) is 1. The summed E-state index contributed by atoms with van der Waals surface area (Å²) < 4.78 is 4.59. The van der Waals surface area contributed by atoms with Gasteiger partial charge in [-0.2, -0.15) is 11.1 Å². The molecule has 0 fully saturated rings. The summed E-state index contributed by atoms with van der Waals surface area (Å²) in [5.41, 5.74) is 0.779. The van der Waals surface area contributed by atoms with Crippen LogP contribution in [0.25, 0.3) is 0 Å². The maximum Gasteiger partial charge on any atom is 0.266 e.